The predicted molar refractivity (Wildman–Crippen MR) is 71.3 cm³/mol. The zero-order valence-corrected chi connectivity index (χ0v) is 13.0. The van der Waals surface area contributed by atoms with Gasteiger partial charge in [-0.05, 0) is 33.6 Å². The van der Waals surface area contributed by atoms with Gasteiger partial charge >= 0.3 is 12.1 Å². The van der Waals surface area contributed by atoms with Crippen LogP contribution < -0.4 is 0 Å². The van der Waals surface area contributed by atoms with Gasteiger partial charge in [0, 0.05) is 6.92 Å². The molecular formula is C12H21N3O7. The Bertz CT molecular complexity index is 446. The quantitative estimate of drug-likeness (QED) is 0.267. The number of ether oxygens (including phenoxy) is 2. The highest BCUT2D eigenvalue weighted by Crippen LogP contribution is 2.17. The molecule has 1 aliphatic heterocycles. The van der Waals surface area contributed by atoms with Gasteiger partial charge in [0.1, 0.15) is 5.60 Å². The van der Waals surface area contributed by atoms with Crippen LogP contribution in [0.25, 0.3) is 0 Å². The van der Waals surface area contributed by atoms with Crippen LogP contribution in [0.2, 0.25) is 0 Å². The average Bonchev–Trinajstić information content (AvgIpc) is 2.82. The number of carbonyl (C=O) groups excluding carboxylic acids is 1. The maximum atomic E-state index is 11.7. The second-order valence-corrected chi connectivity index (χ2v) is 5.75. The number of hydrazine groups is 1. The van der Waals surface area contributed by atoms with E-state index in [9.17, 15) is 14.8 Å². The fourth-order valence-corrected chi connectivity index (χ4v) is 1.79. The molecule has 10 nitrogen and oxygen atoms in total. The van der Waals surface area contributed by atoms with Gasteiger partial charge in [0.25, 0.3) is 6.29 Å². The number of carbonyl (C=O) groups is 2. The number of hydrogen-bond donors (Lipinski definition) is 1. The van der Waals surface area contributed by atoms with Crippen molar-refractivity contribution >= 4 is 12.1 Å². The summed E-state index contributed by atoms with van der Waals surface area (Å²) in [5.41, 5.74) is -0.719. The topological polar surface area (TPSA) is 124 Å². The lowest BCUT2D eigenvalue weighted by molar-refractivity contribution is -0.714. The van der Waals surface area contributed by atoms with Crippen molar-refractivity contribution in [2.24, 2.45) is 5.28 Å². The number of aliphatic carboxylic acids is 1. The van der Waals surface area contributed by atoms with E-state index in [-0.39, 0.29) is 11.5 Å². The molecule has 1 rings (SSSR count). The minimum atomic E-state index is -1.16. The summed E-state index contributed by atoms with van der Waals surface area (Å²) in [7, 11) is 0. The number of rotatable bonds is 5. The zero-order valence-electron chi connectivity index (χ0n) is 13.0. The van der Waals surface area contributed by atoms with Gasteiger partial charge < -0.3 is 19.8 Å². The largest absolute Gasteiger partial charge is 0.569 e. The maximum absolute atomic E-state index is 11.7. The third kappa shape index (κ3) is 5.62. The summed E-state index contributed by atoms with van der Waals surface area (Å²) in [6, 6.07) is -0.938. The number of hydrogen-bond acceptors (Lipinski definition) is 7. The first-order chi connectivity index (χ1) is 10.1. The molecule has 0 aromatic rings. The Morgan fingerprint density at radius 1 is 1.45 bits per heavy atom. The van der Waals surface area contributed by atoms with Crippen LogP contribution in [0.4, 0.5) is 4.79 Å². The molecule has 0 spiro atoms. The molecule has 1 fully saturated rings. The van der Waals surface area contributed by atoms with E-state index in [0.29, 0.717) is 12.8 Å². The van der Waals surface area contributed by atoms with Crippen LogP contribution in [0, 0.1) is 5.21 Å². The van der Waals surface area contributed by atoms with Crippen molar-refractivity contribution in [3.8, 4) is 0 Å². The molecule has 1 heterocycles. The van der Waals surface area contributed by atoms with E-state index in [1.807, 2.05) is 0 Å². The molecule has 1 unspecified atom stereocenters. The Hall–Kier alpha value is -2.26. The normalized spacial score (nSPS) is 20.5. The monoisotopic (exact) mass is 319 g/mol. The van der Waals surface area contributed by atoms with Gasteiger partial charge in [0.2, 0.25) is 5.28 Å². The lowest BCUT2D eigenvalue weighted by atomic mass is 10.2. The van der Waals surface area contributed by atoms with Crippen molar-refractivity contribution in [1.82, 2.24) is 5.01 Å². The van der Waals surface area contributed by atoms with Crippen molar-refractivity contribution in [3.63, 3.8) is 0 Å². The van der Waals surface area contributed by atoms with E-state index < -0.39 is 30.1 Å². The van der Waals surface area contributed by atoms with E-state index in [1.54, 1.807) is 20.8 Å². The SMILES string of the molecule is CC(O/N=[N+](/[O-])N1CCC[C@H]1C(=O)O)OC(=O)OC(C)(C)C. The van der Waals surface area contributed by atoms with E-state index in [4.69, 9.17) is 19.4 Å². The molecule has 126 valence electrons. The van der Waals surface area contributed by atoms with E-state index in [2.05, 4.69) is 5.28 Å². The molecule has 2 atom stereocenters. The minimum absolute atomic E-state index is 0.0563. The molecule has 22 heavy (non-hydrogen) atoms. The standard InChI is InChI=1S/C12H21N3O7/c1-8(20-11(18)21-12(2,3)4)22-13-15(19)14-7-5-6-9(14)10(16)17/h8-9H,5-7H2,1-4H3,(H,16,17)/b15-13+/t8?,9-/m0/s1. The summed E-state index contributed by atoms with van der Waals surface area (Å²) in [5, 5.41) is 24.9. The average molecular weight is 319 g/mol. The third-order valence-electron chi connectivity index (χ3n) is 2.65. The lowest BCUT2D eigenvalue weighted by Crippen LogP contribution is -2.40. The third-order valence-corrected chi connectivity index (χ3v) is 2.65. The summed E-state index contributed by atoms with van der Waals surface area (Å²) in [5.74, 6) is -1.10. The summed E-state index contributed by atoms with van der Waals surface area (Å²) in [6.07, 6.45) is -1.20. The molecule has 0 aliphatic carbocycles. The molecule has 0 aromatic carbocycles. The van der Waals surface area contributed by atoms with Crippen LogP contribution in [0.5, 0.6) is 0 Å². The molecule has 1 N–H and O–H groups in total. The first kappa shape index (κ1) is 17.8. The second-order valence-electron chi connectivity index (χ2n) is 5.75. The van der Waals surface area contributed by atoms with Crippen LogP contribution >= 0.6 is 0 Å². The summed E-state index contributed by atoms with van der Waals surface area (Å²) >= 11 is 0. The minimum Gasteiger partial charge on any atom is -0.569 e. The number of carboxylic acid groups (broad SMARTS) is 1. The van der Waals surface area contributed by atoms with E-state index in [0.717, 1.165) is 5.01 Å². The molecule has 0 saturated carbocycles. The van der Waals surface area contributed by atoms with Crippen LogP contribution in [0.15, 0.2) is 5.28 Å². The molecule has 10 heteroatoms. The van der Waals surface area contributed by atoms with Crippen molar-refractivity contribution in [1.29, 1.82) is 0 Å². The lowest BCUT2D eigenvalue weighted by Gasteiger charge is -2.20. The van der Waals surface area contributed by atoms with Gasteiger partial charge in [0.15, 0.2) is 6.04 Å². The van der Waals surface area contributed by atoms with Crippen LogP contribution in [0.1, 0.15) is 40.5 Å². The highest BCUT2D eigenvalue weighted by molar-refractivity contribution is 5.73. The second kappa shape index (κ2) is 7.14. The molecule has 0 radical (unpaired) electrons. The Labute approximate surface area is 127 Å². The van der Waals surface area contributed by atoms with Crippen molar-refractivity contribution < 1.29 is 34.0 Å². The maximum Gasteiger partial charge on any atom is 0.511 e. The Balaban J connectivity index is 2.49. The molecule has 0 aromatic heterocycles. The Morgan fingerprint density at radius 2 is 2.09 bits per heavy atom. The van der Waals surface area contributed by atoms with Gasteiger partial charge in [-0.3, -0.25) is 4.84 Å². The molecule has 1 aliphatic rings. The fraction of sp³-hybridized carbons (Fsp3) is 0.833. The summed E-state index contributed by atoms with van der Waals surface area (Å²) in [6.45, 7) is 6.61. The van der Waals surface area contributed by atoms with Gasteiger partial charge in [0.05, 0.1) is 11.5 Å². The van der Waals surface area contributed by atoms with Crippen molar-refractivity contribution in [2.75, 3.05) is 6.54 Å². The molecule has 0 bridgehead atoms. The van der Waals surface area contributed by atoms with Gasteiger partial charge in [-0.25, -0.2) is 9.59 Å². The van der Waals surface area contributed by atoms with Crippen molar-refractivity contribution in [2.45, 2.75) is 58.5 Å². The smallest absolute Gasteiger partial charge is 0.511 e. The van der Waals surface area contributed by atoms with Crippen LogP contribution in [-0.4, -0.2) is 51.7 Å². The first-order valence-corrected chi connectivity index (χ1v) is 6.83. The van der Waals surface area contributed by atoms with Gasteiger partial charge in [-0.1, -0.05) is 0 Å². The van der Waals surface area contributed by atoms with Gasteiger partial charge in [-0.15, -0.1) is 5.01 Å². The molecule has 1 saturated heterocycles. The zero-order chi connectivity index (χ0) is 16.9. The van der Waals surface area contributed by atoms with E-state index >= 15 is 0 Å². The fourth-order valence-electron chi connectivity index (χ4n) is 1.79. The Kier molecular flexibility index (Phi) is 5.77. The van der Waals surface area contributed by atoms with Crippen LogP contribution in [0.3, 0.4) is 0 Å². The highest BCUT2D eigenvalue weighted by Gasteiger charge is 2.37. The van der Waals surface area contributed by atoms with E-state index in [1.165, 1.54) is 6.92 Å². The van der Waals surface area contributed by atoms with Gasteiger partial charge in [-0.2, -0.15) is 0 Å². The molecule has 0 amide bonds. The summed E-state index contributed by atoms with van der Waals surface area (Å²) < 4.78 is 9.64. The Morgan fingerprint density at radius 3 is 2.64 bits per heavy atom. The summed E-state index contributed by atoms with van der Waals surface area (Å²) in [4.78, 5) is 27.1. The first-order valence-electron chi connectivity index (χ1n) is 6.83. The number of nitrogens with zero attached hydrogens (tertiary/aromatic N) is 3. The highest BCUT2D eigenvalue weighted by atomic mass is 16.8. The number of carboxylic acids is 1. The van der Waals surface area contributed by atoms with Crippen LogP contribution in [-0.2, 0) is 19.1 Å². The molecular weight excluding hydrogens is 298 g/mol. The predicted octanol–water partition coefficient (Wildman–Crippen LogP) is 1.64. The van der Waals surface area contributed by atoms with Crippen molar-refractivity contribution in [3.05, 3.63) is 5.21 Å².